The maximum absolute atomic E-state index is 12.7. The molecule has 1 aromatic carbocycles. The SMILES string of the molecule is COCC1(O)CCC(Cc2nccc3nc(Nc4ccc(C(F)(F)F)cc4)nn23)CC1. The molecule has 2 heterocycles. The van der Waals surface area contributed by atoms with Crippen LogP contribution in [0, 0.1) is 5.92 Å². The number of benzene rings is 1. The zero-order valence-electron chi connectivity index (χ0n) is 17.1. The Morgan fingerprint density at radius 1 is 1.19 bits per heavy atom. The summed E-state index contributed by atoms with van der Waals surface area (Å²) < 4.78 is 45.0. The molecule has 7 nitrogen and oxygen atoms in total. The van der Waals surface area contributed by atoms with Crippen LogP contribution in [-0.4, -0.2) is 44.0 Å². The van der Waals surface area contributed by atoms with Crippen LogP contribution >= 0.6 is 0 Å². The number of aliphatic hydroxyl groups is 1. The Kier molecular flexibility index (Phi) is 5.85. The fourth-order valence-electron chi connectivity index (χ4n) is 4.02. The van der Waals surface area contributed by atoms with Crippen molar-refractivity contribution in [1.29, 1.82) is 0 Å². The van der Waals surface area contributed by atoms with E-state index >= 15 is 0 Å². The molecule has 2 N–H and O–H groups in total. The summed E-state index contributed by atoms with van der Waals surface area (Å²) in [4.78, 5) is 8.86. The molecule has 0 radical (unpaired) electrons. The summed E-state index contributed by atoms with van der Waals surface area (Å²) in [6.07, 6.45) is 1.08. The molecule has 0 bridgehead atoms. The number of methoxy groups -OCH3 is 1. The summed E-state index contributed by atoms with van der Waals surface area (Å²) in [5.41, 5.74) is -0.400. The van der Waals surface area contributed by atoms with Crippen LogP contribution < -0.4 is 5.32 Å². The van der Waals surface area contributed by atoms with Crippen LogP contribution in [0.25, 0.3) is 5.65 Å². The standard InChI is InChI=1S/C21H24F3N5O2/c1-31-13-20(30)9-6-14(7-10-20)12-18-25-11-8-17-27-19(28-29(17)18)26-16-4-2-15(3-5-16)21(22,23)24/h2-5,8,11,14,30H,6-7,9-10,12-13H2,1H3,(H,26,28). The number of alkyl halides is 3. The van der Waals surface area contributed by atoms with Gasteiger partial charge in [0.15, 0.2) is 5.65 Å². The second-order valence-electron chi connectivity index (χ2n) is 8.07. The van der Waals surface area contributed by atoms with Crippen LogP contribution in [0.15, 0.2) is 36.5 Å². The van der Waals surface area contributed by atoms with Crippen LogP contribution in [0.4, 0.5) is 24.8 Å². The monoisotopic (exact) mass is 435 g/mol. The summed E-state index contributed by atoms with van der Waals surface area (Å²) in [6, 6.07) is 6.44. The van der Waals surface area contributed by atoms with Crippen molar-refractivity contribution in [1.82, 2.24) is 19.6 Å². The minimum Gasteiger partial charge on any atom is -0.387 e. The first-order valence-corrected chi connectivity index (χ1v) is 10.1. The molecule has 1 fully saturated rings. The van der Waals surface area contributed by atoms with Crippen molar-refractivity contribution in [2.75, 3.05) is 19.0 Å². The Hall–Kier alpha value is -2.72. The van der Waals surface area contributed by atoms with Gasteiger partial charge in [-0.1, -0.05) is 0 Å². The smallest absolute Gasteiger partial charge is 0.387 e. The fraction of sp³-hybridized carbons (Fsp3) is 0.476. The quantitative estimate of drug-likeness (QED) is 0.609. The summed E-state index contributed by atoms with van der Waals surface area (Å²) in [5.74, 6) is 1.41. The Bertz CT molecular complexity index is 1030. The number of fused-ring (bicyclic) bond motifs is 1. The predicted molar refractivity (Wildman–Crippen MR) is 108 cm³/mol. The summed E-state index contributed by atoms with van der Waals surface area (Å²) >= 11 is 0. The second-order valence-corrected chi connectivity index (χ2v) is 8.07. The van der Waals surface area contributed by atoms with Gasteiger partial charge in [-0.15, -0.1) is 5.10 Å². The summed E-state index contributed by atoms with van der Waals surface area (Å²) in [6.45, 7) is 0.343. The van der Waals surface area contributed by atoms with Gasteiger partial charge in [0.05, 0.1) is 17.8 Å². The third-order valence-corrected chi connectivity index (χ3v) is 5.71. The van der Waals surface area contributed by atoms with E-state index in [2.05, 4.69) is 20.4 Å². The number of anilines is 2. The number of nitrogens with zero attached hydrogens (tertiary/aromatic N) is 4. The molecule has 1 saturated carbocycles. The van der Waals surface area contributed by atoms with Crippen LogP contribution in [0.1, 0.15) is 37.1 Å². The lowest BCUT2D eigenvalue weighted by Crippen LogP contribution is -2.38. The molecule has 0 saturated heterocycles. The Balaban J connectivity index is 1.46. The number of aromatic nitrogens is 4. The van der Waals surface area contributed by atoms with E-state index < -0.39 is 17.3 Å². The molecule has 0 amide bonds. The van der Waals surface area contributed by atoms with Gasteiger partial charge in [0.25, 0.3) is 0 Å². The highest BCUT2D eigenvalue weighted by Gasteiger charge is 2.33. The molecular weight excluding hydrogens is 411 g/mol. The summed E-state index contributed by atoms with van der Waals surface area (Å²) in [7, 11) is 1.59. The molecule has 0 aliphatic heterocycles. The molecule has 1 aliphatic rings. The number of hydrogen-bond donors (Lipinski definition) is 2. The molecule has 0 spiro atoms. The predicted octanol–water partition coefficient (Wildman–Crippen LogP) is 4.00. The molecular formula is C21H24F3N5O2. The normalized spacial score (nSPS) is 22.0. The van der Waals surface area contributed by atoms with Gasteiger partial charge >= 0.3 is 6.18 Å². The molecule has 166 valence electrons. The first kappa shape index (κ1) is 21.5. The van der Waals surface area contributed by atoms with Crippen LogP contribution in [-0.2, 0) is 17.3 Å². The molecule has 2 aromatic heterocycles. The molecule has 0 unspecified atom stereocenters. The maximum Gasteiger partial charge on any atom is 0.416 e. The second kappa shape index (κ2) is 8.43. The lowest BCUT2D eigenvalue weighted by molar-refractivity contribution is -0.137. The number of hydrogen-bond acceptors (Lipinski definition) is 6. The van der Waals surface area contributed by atoms with Crippen LogP contribution in [0.3, 0.4) is 0 Å². The molecule has 0 atom stereocenters. The highest BCUT2D eigenvalue weighted by Crippen LogP contribution is 2.34. The van der Waals surface area contributed by atoms with E-state index in [-0.39, 0.29) is 5.95 Å². The van der Waals surface area contributed by atoms with Gasteiger partial charge < -0.3 is 15.2 Å². The first-order chi connectivity index (χ1) is 14.8. The van der Waals surface area contributed by atoms with E-state index in [1.807, 2.05) is 0 Å². The first-order valence-electron chi connectivity index (χ1n) is 10.1. The minimum atomic E-state index is -4.38. The third-order valence-electron chi connectivity index (χ3n) is 5.71. The minimum absolute atomic E-state index is 0.284. The lowest BCUT2D eigenvalue weighted by Gasteiger charge is -2.35. The average molecular weight is 435 g/mol. The highest BCUT2D eigenvalue weighted by molar-refractivity contribution is 5.56. The van der Waals surface area contributed by atoms with E-state index in [4.69, 9.17) is 4.74 Å². The van der Waals surface area contributed by atoms with Crippen molar-refractivity contribution in [3.05, 3.63) is 47.9 Å². The topological polar surface area (TPSA) is 84.6 Å². The summed E-state index contributed by atoms with van der Waals surface area (Å²) in [5, 5.41) is 17.9. The zero-order chi connectivity index (χ0) is 22.1. The molecule has 4 rings (SSSR count). The number of rotatable bonds is 6. The van der Waals surface area contributed by atoms with Gasteiger partial charge in [0, 0.05) is 31.5 Å². The van der Waals surface area contributed by atoms with E-state index in [0.717, 1.165) is 30.8 Å². The molecule has 3 aromatic rings. The Morgan fingerprint density at radius 3 is 2.55 bits per heavy atom. The van der Waals surface area contributed by atoms with Gasteiger partial charge in [-0.3, -0.25) is 0 Å². The third kappa shape index (κ3) is 4.96. The molecule has 10 heteroatoms. The Morgan fingerprint density at radius 2 is 1.90 bits per heavy atom. The van der Waals surface area contributed by atoms with Crippen molar-refractivity contribution in [2.45, 2.75) is 43.9 Å². The largest absolute Gasteiger partial charge is 0.416 e. The van der Waals surface area contributed by atoms with Crippen molar-refractivity contribution in [3.63, 3.8) is 0 Å². The number of nitrogens with one attached hydrogen (secondary N) is 1. The Labute approximate surface area is 177 Å². The van der Waals surface area contributed by atoms with Gasteiger partial charge in [0.2, 0.25) is 5.95 Å². The highest BCUT2D eigenvalue weighted by atomic mass is 19.4. The van der Waals surface area contributed by atoms with Gasteiger partial charge in [-0.2, -0.15) is 22.7 Å². The van der Waals surface area contributed by atoms with Crippen LogP contribution in [0.5, 0.6) is 0 Å². The zero-order valence-corrected chi connectivity index (χ0v) is 17.1. The van der Waals surface area contributed by atoms with Crippen molar-refractivity contribution < 1.29 is 23.0 Å². The van der Waals surface area contributed by atoms with Gasteiger partial charge in [-0.05, 0) is 55.9 Å². The van der Waals surface area contributed by atoms with Crippen molar-refractivity contribution in [3.8, 4) is 0 Å². The fourth-order valence-corrected chi connectivity index (χ4v) is 4.02. The number of ether oxygens (including phenoxy) is 1. The van der Waals surface area contributed by atoms with E-state index in [9.17, 15) is 18.3 Å². The molecule has 1 aliphatic carbocycles. The molecule has 31 heavy (non-hydrogen) atoms. The van der Waals surface area contributed by atoms with Crippen LogP contribution in [0.2, 0.25) is 0 Å². The van der Waals surface area contributed by atoms with E-state index in [1.54, 1.807) is 23.9 Å². The van der Waals surface area contributed by atoms with Gasteiger partial charge in [-0.25, -0.2) is 4.98 Å². The van der Waals surface area contributed by atoms with E-state index in [1.165, 1.54) is 12.1 Å². The van der Waals surface area contributed by atoms with Gasteiger partial charge in [0.1, 0.15) is 5.82 Å². The van der Waals surface area contributed by atoms with Crippen molar-refractivity contribution >= 4 is 17.3 Å². The van der Waals surface area contributed by atoms with E-state index in [0.29, 0.717) is 43.1 Å². The lowest BCUT2D eigenvalue weighted by atomic mass is 9.78. The maximum atomic E-state index is 12.7. The van der Waals surface area contributed by atoms with Crippen molar-refractivity contribution in [2.24, 2.45) is 5.92 Å². The average Bonchev–Trinajstić information content (AvgIpc) is 3.13. The number of halogens is 3.